The quantitative estimate of drug-likeness (QED) is 0.504. The summed E-state index contributed by atoms with van der Waals surface area (Å²) in [5.41, 5.74) is 1.59. The van der Waals surface area contributed by atoms with Gasteiger partial charge in [0.15, 0.2) is 0 Å². The molecule has 10 heteroatoms. The molecule has 2 heterocycles. The number of carboxylic acid groups (broad SMARTS) is 1. The number of urea groups is 1. The molecule has 1 aliphatic rings. The fourth-order valence-corrected chi connectivity index (χ4v) is 4.30. The van der Waals surface area contributed by atoms with E-state index in [2.05, 4.69) is 15.6 Å². The van der Waals surface area contributed by atoms with E-state index in [-0.39, 0.29) is 17.4 Å². The summed E-state index contributed by atoms with van der Waals surface area (Å²) in [7, 11) is 1.41. The van der Waals surface area contributed by atoms with Gasteiger partial charge in [0, 0.05) is 22.9 Å². The summed E-state index contributed by atoms with van der Waals surface area (Å²) in [5, 5.41) is 17.7. The molecule has 0 unspecified atom stereocenters. The number of fused-ring (bicyclic) bond motifs is 1. The van der Waals surface area contributed by atoms with Crippen molar-refractivity contribution in [3.05, 3.63) is 57.9 Å². The zero-order valence-corrected chi connectivity index (χ0v) is 17.9. The number of thiazole rings is 1. The van der Waals surface area contributed by atoms with Gasteiger partial charge in [0.1, 0.15) is 27.9 Å². The molecular formula is C21H18ClN3O5S. The molecule has 0 spiro atoms. The van der Waals surface area contributed by atoms with Crippen LogP contribution in [0.3, 0.4) is 0 Å². The first-order valence-corrected chi connectivity index (χ1v) is 10.6. The summed E-state index contributed by atoms with van der Waals surface area (Å²) in [6.45, 7) is 0.455. The van der Waals surface area contributed by atoms with Crippen molar-refractivity contribution in [1.82, 2.24) is 10.3 Å². The Morgan fingerprint density at radius 2 is 2.16 bits per heavy atom. The van der Waals surface area contributed by atoms with Crippen LogP contribution in [-0.2, 0) is 0 Å². The second kappa shape index (κ2) is 8.83. The molecule has 2 amide bonds. The number of carboxylic acids is 1. The molecule has 31 heavy (non-hydrogen) atoms. The van der Waals surface area contributed by atoms with Crippen molar-refractivity contribution < 1.29 is 24.2 Å². The van der Waals surface area contributed by atoms with Crippen LogP contribution in [0, 0.1) is 0 Å². The summed E-state index contributed by atoms with van der Waals surface area (Å²) in [6, 6.07) is 9.54. The van der Waals surface area contributed by atoms with E-state index in [0.29, 0.717) is 40.2 Å². The third-order valence-corrected chi connectivity index (χ3v) is 5.94. The zero-order chi connectivity index (χ0) is 22.0. The van der Waals surface area contributed by atoms with E-state index in [1.54, 1.807) is 23.6 Å². The normalized spacial score (nSPS) is 14.8. The molecule has 2 aromatic carbocycles. The third-order valence-electron chi connectivity index (χ3n) is 4.76. The molecule has 160 valence electrons. The molecule has 0 radical (unpaired) electrons. The van der Waals surface area contributed by atoms with Gasteiger partial charge >= 0.3 is 12.0 Å². The Hall–Kier alpha value is -3.30. The summed E-state index contributed by atoms with van der Waals surface area (Å²) in [5.74, 6) is 0.148. The molecular weight excluding hydrogens is 442 g/mol. The van der Waals surface area contributed by atoms with Gasteiger partial charge in [0.05, 0.1) is 24.8 Å². The zero-order valence-electron chi connectivity index (χ0n) is 16.3. The maximum absolute atomic E-state index is 12.5. The van der Waals surface area contributed by atoms with E-state index in [9.17, 15) is 14.7 Å². The van der Waals surface area contributed by atoms with E-state index < -0.39 is 12.0 Å². The van der Waals surface area contributed by atoms with Crippen LogP contribution >= 0.6 is 22.9 Å². The molecule has 3 aromatic rings. The lowest BCUT2D eigenvalue weighted by atomic mass is 10.0. The van der Waals surface area contributed by atoms with Crippen molar-refractivity contribution in [3.8, 4) is 22.1 Å². The lowest BCUT2D eigenvalue weighted by Crippen LogP contribution is -2.35. The second-order valence-electron chi connectivity index (χ2n) is 6.70. The number of amides is 2. The second-order valence-corrected chi connectivity index (χ2v) is 7.97. The Kier molecular flexibility index (Phi) is 5.97. The molecule has 0 saturated carbocycles. The molecule has 0 fully saturated rings. The summed E-state index contributed by atoms with van der Waals surface area (Å²) < 4.78 is 10.8. The van der Waals surface area contributed by atoms with Crippen LogP contribution in [-0.4, -0.2) is 35.8 Å². The fraction of sp³-hybridized carbons (Fsp3) is 0.190. The molecule has 1 aromatic heterocycles. The van der Waals surface area contributed by atoms with Crippen LogP contribution < -0.4 is 20.1 Å². The SMILES string of the molecule is COc1cc(-c2nc(NC(=O)N[C@H]3CCOc4c(Cl)cccc43)cs2)ccc1C(=O)O. The largest absolute Gasteiger partial charge is 0.496 e. The first kappa shape index (κ1) is 21.0. The summed E-state index contributed by atoms with van der Waals surface area (Å²) in [4.78, 5) is 28.2. The Bertz CT molecular complexity index is 1150. The lowest BCUT2D eigenvalue weighted by Gasteiger charge is -2.27. The van der Waals surface area contributed by atoms with E-state index in [4.69, 9.17) is 21.1 Å². The average Bonchev–Trinajstić information content (AvgIpc) is 3.22. The number of aromatic nitrogens is 1. The number of nitrogens with zero attached hydrogens (tertiary/aromatic N) is 1. The minimum atomic E-state index is -1.07. The Labute approximate surface area is 186 Å². The number of halogens is 1. The first-order chi connectivity index (χ1) is 15.0. The van der Waals surface area contributed by atoms with Gasteiger partial charge in [-0.15, -0.1) is 11.3 Å². The van der Waals surface area contributed by atoms with Crippen molar-refractivity contribution in [2.45, 2.75) is 12.5 Å². The number of hydrogen-bond acceptors (Lipinski definition) is 6. The number of methoxy groups -OCH3 is 1. The number of carbonyl (C=O) groups is 2. The molecule has 4 rings (SSSR count). The van der Waals surface area contributed by atoms with Gasteiger partial charge in [-0.1, -0.05) is 29.8 Å². The number of hydrogen-bond donors (Lipinski definition) is 3. The minimum absolute atomic E-state index is 0.0670. The Morgan fingerprint density at radius 1 is 1.32 bits per heavy atom. The minimum Gasteiger partial charge on any atom is -0.496 e. The maximum atomic E-state index is 12.5. The van der Waals surface area contributed by atoms with E-state index in [1.807, 2.05) is 12.1 Å². The van der Waals surface area contributed by atoms with E-state index in [1.165, 1.54) is 24.5 Å². The standard InChI is InChI=1S/C21H18ClN3O5S/c1-29-16-9-11(5-6-13(16)20(26)27)19-24-17(10-31-19)25-21(28)23-15-7-8-30-18-12(15)3-2-4-14(18)22/h2-6,9-10,15H,7-8H2,1H3,(H,26,27)(H2,23,25,28)/t15-/m0/s1. The van der Waals surface area contributed by atoms with Crippen LogP contribution in [0.15, 0.2) is 41.8 Å². The topological polar surface area (TPSA) is 110 Å². The average molecular weight is 460 g/mol. The first-order valence-electron chi connectivity index (χ1n) is 9.32. The highest BCUT2D eigenvalue weighted by Gasteiger charge is 2.25. The number of benzene rings is 2. The predicted molar refractivity (Wildman–Crippen MR) is 118 cm³/mol. The molecule has 3 N–H and O–H groups in total. The molecule has 0 bridgehead atoms. The summed E-state index contributed by atoms with van der Waals surface area (Å²) >= 11 is 7.50. The van der Waals surface area contributed by atoms with Crippen molar-refractivity contribution in [3.63, 3.8) is 0 Å². The van der Waals surface area contributed by atoms with Crippen LogP contribution in [0.4, 0.5) is 10.6 Å². The van der Waals surface area contributed by atoms with Gasteiger partial charge in [0.25, 0.3) is 0 Å². The van der Waals surface area contributed by atoms with Gasteiger partial charge in [0.2, 0.25) is 0 Å². The summed E-state index contributed by atoms with van der Waals surface area (Å²) in [6.07, 6.45) is 0.624. The van der Waals surface area contributed by atoms with Crippen LogP contribution in [0.2, 0.25) is 5.02 Å². The number of carbonyl (C=O) groups excluding carboxylic acids is 1. The van der Waals surface area contributed by atoms with Crippen molar-refractivity contribution in [1.29, 1.82) is 0 Å². The van der Waals surface area contributed by atoms with Gasteiger partial charge in [-0.2, -0.15) is 0 Å². The van der Waals surface area contributed by atoms with Crippen LogP contribution in [0.5, 0.6) is 11.5 Å². The van der Waals surface area contributed by atoms with Crippen molar-refractivity contribution in [2.75, 3.05) is 19.0 Å². The number of rotatable bonds is 5. The lowest BCUT2D eigenvalue weighted by molar-refractivity contribution is 0.0693. The Balaban J connectivity index is 1.46. The smallest absolute Gasteiger partial charge is 0.339 e. The van der Waals surface area contributed by atoms with Crippen molar-refractivity contribution in [2.24, 2.45) is 0 Å². The molecule has 1 aliphatic heterocycles. The van der Waals surface area contributed by atoms with Gasteiger partial charge in [-0.25, -0.2) is 14.6 Å². The fourth-order valence-electron chi connectivity index (χ4n) is 3.31. The molecule has 0 saturated heterocycles. The van der Waals surface area contributed by atoms with Gasteiger partial charge in [-0.05, 0) is 18.2 Å². The third kappa shape index (κ3) is 4.42. The number of para-hydroxylation sites is 1. The Morgan fingerprint density at radius 3 is 2.94 bits per heavy atom. The number of ether oxygens (including phenoxy) is 2. The number of aromatic carboxylic acids is 1. The highest BCUT2D eigenvalue weighted by atomic mass is 35.5. The van der Waals surface area contributed by atoms with Gasteiger partial charge in [-0.3, -0.25) is 5.32 Å². The monoisotopic (exact) mass is 459 g/mol. The van der Waals surface area contributed by atoms with Crippen LogP contribution in [0.25, 0.3) is 10.6 Å². The molecule has 1 atom stereocenters. The highest BCUT2D eigenvalue weighted by Crippen LogP contribution is 2.37. The number of nitrogens with one attached hydrogen (secondary N) is 2. The molecule has 0 aliphatic carbocycles. The van der Waals surface area contributed by atoms with E-state index >= 15 is 0 Å². The molecule has 8 nitrogen and oxygen atoms in total. The van der Waals surface area contributed by atoms with Crippen molar-refractivity contribution >= 4 is 40.8 Å². The predicted octanol–water partition coefficient (Wildman–Crippen LogP) is 4.82. The van der Waals surface area contributed by atoms with E-state index in [0.717, 1.165) is 5.56 Å². The van der Waals surface area contributed by atoms with Crippen LogP contribution in [0.1, 0.15) is 28.4 Å². The maximum Gasteiger partial charge on any atom is 0.339 e. The van der Waals surface area contributed by atoms with Gasteiger partial charge < -0.3 is 19.9 Å². The number of anilines is 1. The highest BCUT2D eigenvalue weighted by molar-refractivity contribution is 7.13.